The van der Waals surface area contributed by atoms with Crippen molar-refractivity contribution in [1.82, 2.24) is 19.3 Å². The summed E-state index contributed by atoms with van der Waals surface area (Å²) in [5.41, 5.74) is 3.58. The van der Waals surface area contributed by atoms with Gasteiger partial charge in [-0.2, -0.15) is 0 Å². The van der Waals surface area contributed by atoms with Crippen LogP contribution < -0.4 is 6.25 Å². The van der Waals surface area contributed by atoms with E-state index < -0.39 is 32.9 Å². The van der Waals surface area contributed by atoms with Crippen LogP contribution in [0.3, 0.4) is 0 Å². The Morgan fingerprint density at radius 3 is 2.18 bits per heavy atom. The van der Waals surface area contributed by atoms with E-state index in [0.29, 0.717) is 11.4 Å². The number of aryl methyl sites for hydroxylation is 2. The predicted octanol–water partition coefficient (Wildman–Crippen LogP) is 6.40. The molecule has 0 amide bonds. The second-order valence-electron chi connectivity index (χ2n) is 10.1. The molecule has 4 nitrogen and oxygen atoms in total. The van der Waals surface area contributed by atoms with Crippen LogP contribution in [-0.4, -0.2) is 40.5 Å². The maximum atomic E-state index is 14.3. The van der Waals surface area contributed by atoms with Crippen LogP contribution >= 0.6 is 0 Å². The fourth-order valence-corrected chi connectivity index (χ4v) is 17.7. The first-order chi connectivity index (χ1) is 18.0. The van der Waals surface area contributed by atoms with E-state index in [4.69, 9.17) is 0 Å². The van der Waals surface area contributed by atoms with Gasteiger partial charge >= 0.3 is 226 Å². The van der Waals surface area contributed by atoms with Gasteiger partial charge in [0.1, 0.15) is 0 Å². The summed E-state index contributed by atoms with van der Waals surface area (Å²) in [6.45, 7) is 3.16. The molecule has 0 N–H and O–H groups in total. The zero-order valence-corrected chi connectivity index (χ0v) is 25.9. The molecule has 5 aromatic rings. The molecule has 2 heterocycles. The zero-order chi connectivity index (χ0) is 27.2. The molecule has 0 saturated carbocycles. The first-order valence-electron chi connectivity index (χ1n) is 12.4. The Morgan fingerprint density at radius 2 is 1.58 bits per heavy atom. The number of halogens is 3. The zero-order valence-electron chi connectivity index (χ0n) is 22.0. The summed E-state index contributed by atoms with van der Waals surface area (Å²) in [4.78, 5) is 4.52. The maximum absolute atomic E-state index is 14.3. The fourth-order valence-electron chi connectivity index (χ4n) is 5.50. The van der Waals surface area contributed by atoms with Gasteiger partial charge in [0.2, 0.25) is 0 Å². The van der Waals surface area contributed by atoms with Gasteiger partial charge < -0.3 is 0 Å². The van der Waals surface area contributed by atoms with E-state index >= 15 is 0 Å². The van der Waals surface area contributed by atoms with Crippen LogP contribution in [0.5, 0.6) is 0 Å². The van der Waals surface area contributed by atoms with Gasteiger partial charge in [-0.05, 0) is 0 Å². The van der Waals surface area contributed by atoms with Crippen LogP contribution in [0.15, 0.2) is 85.5 Å². The van der Waals surface area contributed by atoms with Crippen molar-refractivity contribution in [3.63, 3.8) is 0 Å². The van der Waals surface area contributed by atoms with Gasteiger partial charge in [-0.3, -0.25) is 0 Å². The Labute approximate surface area is 225 Å². The summed E-state index contributed by atoms with van der Waals surface area (Å²) in [5, 5.41) is 4.60. The summed E-state index contributed by atoms with van der Waals surface area (Å²) in [5.74, 6) is 0.552. The van der Waals surface area contributed by atoms with Crippen molar-refractivity contribution in [2.24, 2.45) is 7.05 Å². The Kier molecular flexibility index (Phi) is 6.83. The number of benzene rings is 3. The number of alkyl halides is 3. The van der Waals surface area contributed by atoms with Gasteiger partial charge in [-0.25, -0.2) is 0 Å². The van der Waals surface area contributed by atoms with E-state index in [0.717, 1.165) is 23.1 Å². The molecule has 0 fully saturated rings. The van der Waals surface area contributed by atoms with E-state index in [1.54, 1.807) is 43.1 Å². The summed E-state index contributed by atoms with van der Waals surface area (Å²) < 4.78 is 53.2. The third-order valence-electron chi connectivity index (χ3n) is 7.30. The molecule has 0 atom stereocenters. The molecule has 0 aliphatic heterocycles. The third-order valence-corrected chi connectivity index (χ3v) is 20.9. The molecule has 2 aromatic heterocycles. The van der Waals surface area contributed by atoms with E-state index in [1.165, 1.54) is 0 Å². The van der Waals surface area contributed by atoms with Crippen molar-refractivity contribution < 1.29 is 13.2 Å². The third kappa shape index (κ3) is 4.50. The van der Waals surface area contributed by atoms with Gasteiger partial charge in [0, 0.05) is 0 Å². The van der Waals surface area contributed by atoms with E-state index in [9.17, 15) is 13.2 Å². The molecule has 0 spiro atoms. The summed E-state index contributed by atoms with van der Waals surface area (Å²) in [7, 11) is 1.83. The average molecular weight is 710 g/mol. The van der Waals surface area contributed by atoms with Crippen molar-refractivity contribution in [2.45, 2.75) is 29.0 Å². The van der Waals surface area contributed by atoms with Crippen molar-refractivity contribution in [1.29, 1.82) is 0 Å². The molecule has 0 bridgehead atoms. The summed E-state index contributed by atoms with van der Waals surface area (Å²) >= 11 is -3.84. The number of hydrogen-bond acceptors (Lipinski definition) is 2. The topological polar surface area (TPSA) is 35.6 Å². The number of hydrogen-bond donors (Lipinski definition) is 0. The summed E-state index contributed by atoms with van der Waals surface area (Å²) in [6, 6.07) is 20.1. The molecule has 3 aromatic carbocycles. The minimum atomic E-state index is -4.46. The van der Waals surface area contributed by atoms with Crippen molar-refractivity contribution in [2.75, 3.05) is 0 Å². The van der Waals surface area contributed by atoms with Gasteiger partial charge in [-0.1, -0.05) is 0 Å². The molecule has 0 saturated heterocycles. The number of para-hydroxylation sites is 1. The molecule has 38 heavy (non-hydrogen) atoms. The number of aromatic nitrogens is 4. The van der Waals surface area contributed by atoms with Crippen molar-refractivity contribution in [3.05, 3.63) is 102 Å². The standard InChI is InChI=1S/C15H11N2.C13H12F3N2.2CH3.Pb/c1-2-7-13(8-3-1)14-9-4-5-10-15(14)17-12-6-11-16-17;1-8-4-5-10(12-17-6-7-18(12)3)9(2)11(8)13(14,15)16;;;/h1-9,11-12H;4,6-7H,1-3H3;2*1H3;. The van der Waals surface area contributed by atoms with Crippen LogP contribution in [-0.2, 0) is 13.2 Å². The van der Waals surface area contributed by atoms with Crippen molar-refractivity contribution in [3.8, 4) is 28.2 Å². The molecular weight excluding hydrogens is 681 g/mol. The van der Waals surface area contributed by atoms with E-state index in [2.05, 4.69) is 49.4 Å². The molecule has 194 valence electrons. The molecule has 8 heteroatoms. The predicted molar refractivity (Wildman–Crippen MR) is 149 cm³/mol. The van der Waals surface area contributed by atoms with Crippen LogP contribution in [0.25, 0.3) is 28.2 Å². The number of rotatable bonds is 5. The Hall–Kier alpha value is -3.21. The molecular formula is C30H29F3N4Pb. The second-order valence-corrected chi connectivity index (χ2v) is 26.9. The van der Waals surface area contributed by atoms with Crippen LogP contribution in [0.4, 0.5) is 13.2 Å². The SMILES string of the molecule is Cc1c[c]([Pb]([CH3])([CH3])[c]2cccc(-c3ccccc3)c2-n2cccn2)c(-c2nccn2C)c(C)c1C(F)(F)F. The molecule has 0 radical (unpaired) electrons. The first kappa shape index (κ1) is 26.4. The van der Waals surface area contributed by atoms with Gasteiger partial charge in [0.25, 0.3) is 0 Å². The van der Waals surface area contributed by atoms with Crippen LogP contribution in [0.1, 0.15) is 16.7 Å². The summed E-state index contributed by atoms with van der Waals surface area (Å²) in [6.07, 6.45) is 2.64. The monoisotopic (exact) mass is 710 g/mol. The Bertz CT molecular complexity index is 1600. The van der Waals surface area contributed by atoms with E-state index in [1.807, 2.05) is 42.2 Å². The molecule has 5 rings (SSSR count). The normalized spacial score (nSPS) is 12.2. The number of imidazole rings is 1. The first-order valence-corrected chi connectivity index (χ1v) is 24.1. The fraction of sp³-hybridized carbons (Fsp3) is 0.200. The second kappa shape index (κ2) is 9.83. The quantitative estimate of drug-likeness (QED) is 0.198. The average Bonchev–Trinajstić information content (AvgIpc) is 3.55. The van der Waals surface area contributed by atoms with Gasteiger partial charge in [0.05, 0.1) is 0 Å². The van der Waals surface area contributed by atoms with Crippen molar-refractivity contribution >= 4 is 27.4 Å². The molecule has 0 aliphatic rings. The van der Waals surface area contributed by atoms with E-state index in [-0.39, 0.29) is 11.1 Å². The van der Waals surface area contributed by atoms with Crippen LogP contribution in [0.2, 0.25) is 8.97 Å². The van der Waals surface area contributed by atoms with Gasteiger partial charge in [0.15, 0.2) is 0 Å². The number of nitrogens with zero attached hydrogens (tertiary/aromatic N) is 4. The molecule has 0 aliphatic carbocycles. The van der Waals surface area contributed by atoms with Crippen LogP contribution in [0, 0.1) is 13.8 Å². The minimum absolute atomic E-state index is 0.231. The molecule has 0 unspecified atom stereocenters. The Morgan fingerprint density at radius 1 is 0.842 bits per heavy atom. The van der Waals surface area contributed by atoms with Gasteiger partial charge in [-0.15, -0.1) is 0 Å². The Balaban J connectivity index is 1.86.